The number of carbonyl (C=O) groups is 2. The Hall–Kier alpha value is -2.86. The highest BCUT2D eigenvalue weighted by Gasteiger charge is 2.08. The van der Waals surface area contributed by atoms with Gasteiger partial charge in [0, 0.05) is 35.1 Å². The summed E-state index contributed by atoms with van der Waals surface area (Å²) in [4.78, 5) is 23.8. The summed E-state index contributed by atoms with van der Waals surface area (Å²) in [6.07, 6.45) is 2.00. The van der Waals surface area contributed by atoms with E-state index in [0.717, 1.165) is 10.9 Å². The Kier molecular flexibility index (Phi) is 5.00. The van der Waals surface area contributed by atoms with Gasteiger partial charge in [0.15, 0.2) is 0 Å². The van der Waals surface area contributed by atoms with Gasteiger partial charge in [-0.05, 0) is 36.4 Å². The fourth-order valence-corrected chi connectivity index (χ4v) is 2.73. The summed E-state index contributed by atoms with van der Waals surface area (Å²) in [5, 5.41) is 11.2. The van der Waals surface area contributed by atoms with Crippen molar-refractivity contribution in [2.24, 2.45) is 0 Å². The maximum atomic E-state index is 12.2. The topological polar surface area (TPSA) is 76.0 Å². The number of rotatable bonds is 5. The molecule has 0 saturated heterocycles. The van der Waals surface area contributed by atoms with Crippen molar-refractivity contribution in [2.45, 2.75) is 13.0 Å². The molecule has 0 atom stereocenters. The van der Waals surface area contributed by atoms with E-state index in [1.165, 1.54) is 0 Å². The molecule has 0 bridgehead atoms. The Morgan fingerprint density at radius 1 is 1.20 bits per heavy atom. The van der Waals surface area contributed by atoms with Gasteiger partial charge in [0.05, 0.1) is 18.3 Å². The summed E-state index contributed by atoms with van der Waals surface area (Å²) < 4.78 is 1.77. The van der Waals surface area contributed by atoms with Gasteiger partial charge in [-0.2, -0.15) is 5.10 Å². The maximum Gasteiger partial charge on any atom is 0.251 e. The standard InChI is InChI=1S/C18H17ClN4O2/c1-20-18(25)12-3-2-4-15(10-12)22-17(24)7-8-23-16-6-5-14(19)9-13(16)11-21-23/h2-6,9-11H,7-8H2,1H3,(H,20,25)(H,22,24). The average Bonchev–Trinajstić information content (AvgIpc) is 3.01. The van der Waals surface area contributed by atoms with Crippen molar-refractivity contribution in [3.8, 4) is 0 Å². The normalized spacial score (nSPS) is 10.6. The number of anilines is 1. The molecular formula is C18H17ClN4O2. The smallest absolute Gasteiger partial charge is 0.251 e. The molecular weight excluding hydrogens is 340 g/mol. The minimum Gasteiger partial charge on any atom is -0.355 e. The lowest BCUT2D eigenvalue weighted by atomic mass is 10.2. The molecule has 0 fully saturated rings. The van der Waals surface area contributed by atoms with E-state index in [1.54, 1.807) is 48.3 Å². The number of nitrogens with one attached hydrogen (secondary N) is 2. The van der Waals surface area contributed by atoms with Crippen LogP contribution in [0.15, 0.2) is 48.7 Å². The quantitative estimate of drug-likeness (QED) is 0.737. The van der Waals surface area contributed by atoms with Crippen LogP contribution in [0.1, 0.15) is 16.8 Å². The Bertz CT molecular complexity index is 936. The van der Waals surface area contributed by atoms with Crippen molar-refractivity contribution < 1.29 is 9.59 Å². The van der Waals surface area contributed by atoms with E-state index in [-0.39, 0.29) is 18.2 Å². The molecule has 0 saturated carbocycles. The van der Waals surface area contributed by atoms with Crippen LogP contribution >= 0.6 is 11.6 Å². The van der Waals surface area contributed by atoms with E-state index in [4.69, 9.17) is 11.6 Å². The van der Waals surface area contributed by atoms with Crippen molar-refractivity contribution in [1.29, 1.82) is 0 Å². The number of amides is 2. The van der Waals surface area contributed by atoms with E-state index in [0.29, 0.717) is 22.8 Å². The molecule has 1 aromatic heterocycles. The van der Waals surface area contributed by atoms with Crippen LogP contribution < -0.4 is 10.6 Å². The zero-order valence-corrected chi connectivity index (χ0v) is 14.4. The Labute approximate surface area is 149 Å². The van der Waals surface area contributed by atoms with Crippen LogP contribution in [0.5, 0.6) is 0 Å². The van der Waals surface area contributed by atoms with Crippen LogP contribution in [-0.2, 0) is 11.3 Å². The number of hydrogen-bond donors (Lipinski definition) is 2. The first-order chi connectivity index (χ1) is 12.1. The third-order valence-electron chi connectivity index (χ3n) is 3.79. The summed E-state index contributed by atoms with van der Waals surface area (Å²) in [6, 6.07) is 12.3. The SMILES string of the molecule is CNC(=O)c1cccc(NC(=O)CCn2ncc3cc(Cl)ccc32)c1. The van der Waals surface area contributed by atoms with E-state index in [9.17, 15) is 9.59 Å². The largest absolute Gasteiger partial charge is 0.355 e. The summed E-state index contributed by atoms with van der Waals surface area (Å²) in [5.41, 5.74) is 2.01. The van der Waals surface area contributed by atoms with Gasteiger partial charge < -0.3 is 10.6 Å². The van der Waals surface area contributed by atoms with Crippen molar-refractivity contribution in [3.05, 3.63) is 59.2 Å². The monoisotopic (exact) mass is 356 g/mol. The lowest BCUT2D eigenvalue weighted by Crippen LogP contribution is -2.19. The molecule has 2 amide bonds. The summed E-state index contributed by atoms with van der Waals surface area (Å²) >= 11 is 5.96. The van der Waals surface area contributed by atoms with Gasteiger partial charge in [-0.3, -0.25) is 14.3 Å². The minimum absolute atomic E-state index is 0.147. The third-order valence-corrected chi connectivity index (χ3v) is 4.03. The number of nitrogens with zero attached hydrogens (tertiary/aromatic N) is 2. The van der Waals surface area contributed by atoms with Gasteiger partial charge in [-0.15, -0.1) is 0 Å². The van der Waals surface area contributed by atoms with E-state index in [2.05, 4.69) is 15.7 Å². The number of carbonyl (C=O) groups excluding carboxylic acids is 2. The maximum absolute atomic E-state index is 12.2. The molecule has 3 rings (SSSR count). The van der Waals surface area contributed by atoms with E-state index in [1.807, 2.05) is 12.1 Å². The van der Waals surface area contributed by atoms with Gasteiger partial charge in [0.1, 0.15) is 0 Å². The fourth-order valence-electron chi connectivity index (χ4n) is 2.55. The number of hydrogen-bond acceptors (Lipinski definition) is 3. The summed E-state index contributed by atoms with van der Waals surface area (Å²) in [5.74, 6) is -0.343. The lowest BCUT2D eigenvalue weighted by molar-refractivity contribution is -0.116. The molecule has 0 aliphatic rings. The predicted molar refractivity (Wildman–Crippen MR) is 97.8 cm³/mol. The zero-order valence-electron chi connectivity index (χ0n) is 13.6. The molecule has 0 aliphatic heterocycles. The van der Waals surface area contributed by atoms with Crippen LogP contribution in [0.2, 0.25) is 5.02 Å². The molecule has 0 aliphatic carbocycles. The minimum atomic E-state index is -0.197. The molecule has 2 N–H and O–H groups in total. The molecule has 2 aromatic carbocycles. The second-order valence-electron chi connectivity index (χ2n) is 5.53. The van der Waals surface area contributed by atoms with Crippen LogP contribution in [-0.4, -0.2) is 28.6 Å². The summed E-state index contributed by atoms with van der Waals surface area (Å²) in [7, 11) is 1.56. The first kappa shape index (κ1) is 17.0. The molecule has 0 radical (unpaired) electrons. The molecule has 0 spiro atoms. The predicted octanol–water partition coefficient (Wildman–Crippen LogP) is 3.08. The number of benzene rings is 2. The molecule has 6 nitrogen and oxygen atoms in total. The highest BCUT2D eigenvalue weighted by Crippen LogP contribution is 2.19. The van der Waals surface area contributed by atoms with Crippen molar-refractivity contribution in [2.75, 3.05) is 12.4 Å². The second-order valence-corrected chi connectivity index (χ2v) is 5.97. The number of aromatic nitrogens is 2. The van der Waals surface area contributed by atoms with Crippen LogP contribution in [0.4, 0.5) is 5.69 Å². The molecule has 7 heteroatoms. The van der Waals surface area contributed by atoms with Crippen molar-refractivity contribution in [3.63, 3.8) is 0 Å². The summed E-state index contributed by atoms with van der Waals surface area (Å²) in [6.45, 7) is 0.450. The Morgan fingerprint density at radius 2 is 2.04 bits per heavy atom. The van der Waals surface area contributed by atoms with Crippen molar-refractivity contribution >= 4 is 40.0 Å². The molecule has 0 unspecified atom stereocenters. The van der Waals surface area contributed by atoms with Crippen LogP contribution in [0.3, 0.4) is 0 Å². The van der Waals surface area contributed by atoms with Gasteiger partial charge in [-0.25, -0.2) is 0 Å². The highest BCUT2D eigenvalue weighted by atomic mass is 35.5. The van der Waals surface area contributed by atoms with E-state index >= 15 is 0 Å². The van der Waals surface area contributed by atoms with Crippen LogP contribution in [0.25, 0.3) is 10.9 Å². The number of halogens is 1. The lowest BCUT2D eigenvalue weighted by Gasteiger charge is -2.08. The van der Waals surface area contributed by atoms with E-state index < -0.39 is 0 Å². The highest BCUT2D eigenvalue weighted by molar-refractivity contribution is 6.31. The number of aryl methyl sites for hydroxylation is 1. The van der Waals surface area contributed by atoms with Gasteiger partial charge >= 0.3 is 0 Å². The van der Waals surface area contributed by atoms with Crippen molar-refractivity contribution in [1.82, 2.24) is 15.1 Å². The first-order valence-electron chi connectivity index (χ1n) is 7.80. The molecule has 25 heavy (non-hydrogen) atoms. The molecule has 1 heterocycles. The molecule has 3 aromatic rings. The third kappa shape index (κ3) is 3.97. The Balaban J connectivity index is 1.64. The zero-order chi connectivity index (χ0) is 17.8. The molecule has 128 valence electrons. The average molecular weight is 357 g/mol. The van der Waals surface area contributed by atoms with Crippen LogP contribution in [0, 0.1) is 0 Å². The Morgan fingerprint density at radius 3 is 2.84 bits per heavy atom. The van der Waals surface area contributed by atoms with Gasteiger partial charge in [-0.1, -0.05) is 17.7 Å². The van der Waals surface area contributed by atoms with Gasteiger partial charge in [0.2, 0.25) is 5.91 Å². The van der Waals surface area contributed by atoms with Gasteiger partial charge in [0.25, 0.3) is 5.91 Å². The first-order valence-corrected chi connectivity index (χ1v) is 8.17. The fraction of sp³-hybridized carbons (Fsp3) is 0.167. The number of fused-ring (bicyclic) bond motifs is 1. The second kappa shape index (κ2) is 7.36.